The van der Waals surface area contributed by atoms with Crippen LogP contribution >= 0.6 is 23.4 Å². The number of pyridine rings is 1. The molecule has 5 nitrogen and oxygen atoms in total. The number of halogens is 1. The second-order valence-electron chi connectivity index (χ2n) is 4.93. The largest absolute Gasteiger partial charge is 0.395 e. The molecule has 4 N–H and O–H groups in total. The first-order valence-electron chi connectivity index (χ1n) is 6.77. The molecule has 2 rings (SSSR count). The number of hydrogen-bond acceptors (Lipinski definition) is 6. The Balaban J connectivity index is 2.72. The van der Waals surface area contributed by atoms with Crippen molar-refractivity contribution in [2.24, 2.45) is 0 Å². The van der Waals surface area contributed by atoms with E-state index in [2.05, 4.69) is 11.1 Å². The summed E-state index contributed by atoms with van der Waals surface area (Å²) < 4.78 is 0. The first kappa shape index (κ1) is 17.1. The molecule has 1 aromatic carbocycles. The molecule has 23 heavy (non-hydrogen) atoms. The summed E-state index contributed by atoms with van der Waals surface area (Å²) in [7, 11) is 0. The maximum absolute atomic E-state index is 11.5. The molecule has 7 heteroatoms. The molecular weight excluding hydrogens is 332 g/mol. The number of hydrogen-bond donors (Lipinski definition) is 2. The molecule has 0 aliphatic carbocycles. The van der Waals surface area contributed by atoms with Crippen LogP contribution in [0.2, 0.25) is 5.02 Å². The Hall–Kier alpha value is -2.23. The van der Waals surface area contributed by atoms with Crippen molar-refractivity contribution >= 4 is 40.7 Å². The Morgan fingerprint density at radius 2 is 2.04 bits per heavy atom. The van der Waals surface area contributed by atoms with E-state index in [1.807, 2.05) is 0 Å². The van der Waals surface area contributed by atoms with Crippen LogP contribution in [-0.4, -0.2) is 16.0 Å². The molecule has 1 aromatic heterocycles. The molecule has 118 valence electrons. The van der Waals surface area contributed by atoms with Crippen molar-refractivity contribution in [1.82, 2.24) is 4.98 Å². The van der Waals surface area contributed by atoms with Crippen LogP contribution in [0.5, 0.6) is 0 Å². The van der Waals surface area contributed by atoms with E-state index in [1.165, 1.54) is 18.7 Å². The van der Waals surface area contributed by atoms with Crippen LogP contribution in [-0.2, 0) is 4.79 Å². The number of carbonyl (C=O) groups excluding carboxylic acids is 1. The average molecular weight is 347 g/mol. The molecule has 0 fully saturated rings. The normalized spacial score (nSPS) is 11.7. The van der Waals surface area contributed by atoms with Gasteiger partial charge < -0.3 is 11.5 Å². The first-order chi connectivity index (χ1) is 10.9. The lowest BCUT2D eigenvalue weighted by atomic mass is 10.00. The number of nitrogens with zero attached hydrogens (tertiary/aromatic N) is 2. The van der Waals surface area contributed by atoms with E-state index >= 15 is 0 Å². The van der Waals surface area contributed by atoms with E-state index in [-0.39, 0.29) is 28.1 Å². The van der Waals surface area contributed by atoms with E-state index in [0.717, 1.165) is 0 Å². The first-order valence-corrected chi connectivity index (χ1v) is 8.03. The van der Waals surface area contributed by atoms with Crippen LogP contribution in [0.3, 0.4) is 0 Å². The van der Waals surface area contributed by atoms with Crippen LogP contribution < -0.4 is 11.5 Å². The molecule has 0 spiro atoms. The maximum Gasteiger partial charge on any atom is 0.148 e. The Kier molecular flexibility index (Phi) is 5.14. The topological polar surface area (TPSA) is 106 Å². The fourth-order valence-corrected chi connectivity index (χ4v) is 3.13. The minimum Gasteiger partial charge on any atom is -0.395 e. The number of nitriles is 1. The monoisotopic (exact) mass is 346 g/mol. The third-order valence-electron chi connectivity index (χ3n) is 3.35. The average Bonchev–Trinajstić information content (AvgIpc) is 2.51. The van der Waals surface area contributed by atoms with E-state index in [0.29, 0.717) is 21.2 Å². The van der Waals surface area contributed by atoms with Gasteiger partial charge >= 0.3 is 0 Å². The number of anilines is 2. The number of nitrogens with two attached hydrogens (primary N) is 2. The highest BCUT2D eigenvalue weighted by Crippen LogP contribution is 2.41. The molecule has 0 radical (unpaired) electrons. The second kappa shape index (κ2) is 6.90. The third-order valence-corrected chi connectivity index (χ3v) is 4.88. The van der Waals surface area contributed by atoms with Gasteiger partial charge in [0.25, 0.3) is 0 Å². The molecule has 0 amide bonds. The zero-order valence-electron chi connectivity index (χ0n) is 12.6. The van der Waals surface area contributed by atoms with Crippen molar-refractivity contribution in [3.05, 3.63) is 34.9 Å². The van der Waals surface area contributed by atoms with Crippen molar-refractivity contribution in [2.75, 3.05) is 11.5 Å². The zero-order chi connectivity index (χ0) is 17.1. The number of ketones is 1. The highest BCUT2D eigenvalue weighted by molar-refractivity contribution is 8.00. The van der Waals surface area contributed by atoms with Gasteiger partial charge in [-0.15, -0.1) is 0 Å². The summed E-state index contributed by atoms with van der Waals surface area (Å²) in [6, 6.07) is 9.16. The van der Waals surface area contributed by atoms with Gasteiger partial charge in [0.1, 0.15) is 22.7 Å². The molecule has 0 aliphatic heterocycles. The van der Waals surface area contributed by atoms with Gasteiger partial charge in [-0.2, -0.15) is 5.26 Å². The van der Waals surface area contributed by atoms with Gasteiger partial charge in [0, 0.05) is 16.1 Å². The number of benzene rings is 1. The predicted molar refractivity (Wildman–Crippen MR) is 94.2 cm³/mol. The Bertz CT molecular complexity index is 816. The Labute approximate surface area is 143 Å². The van der Waals surface area contributed by atoms with Gasteiger partial charge in [-0.25, -0.2) is 4.98 Å². The molecule has 1 unspecified atom stereocenters. The summed E-state index contributed by atoms with van der Waals surface area (Å²) >= 11 is 7.41. The molecule has 0 saturated carbocycles. The van der Waals surface area contributed by atoms with Crippen molar-refractivity contribution in [3.8, 4) is 17.2 Å². The highest BCUT2D eigenvalue weighted by Gasteiger charge is 2.22. The van der Waals surface area contributed by atoms with Gasteiger partial charge in [-0.1, -0.05) is 41.6 Å². The molecule has 2 aromatic rings. The van der Waals surface area contributed by atoms with E-state index in [9.17, 15) is 10.1 Å². The maximum atomic E-state index is 11.5. The Morgan fingerprint density at radius 1 is 1.39 bits per heavy atom. The van der Waals surface area contributed by atoms with Crippen LogP contribution in [0.15, 0.2) is 29.3 Å². The number of rotatable bonds is 4. The van der Waals surface area contributed by atoms with Crippen LogP contribution in [0.4, 0.5) is 11.5 Å². The van der Waals surface area contributed by atoms with Gasteiger partial charge in [0.05, 0.1) is 16.5 Å². The lowest BCUT2D eigenvalue weighted by Gasteiger charge is -2.16. The quantitative estimate of drug-likeness (QED) is 0.820. The number of carbonyl (C=O) groups is 1. The van der Waals surface area contributed by atoms with Crippen LogP contribution in [0.25, 0.3) is 11.1 Å². The standard InChI is InChI=1S/C16H15ClN4OS/c1-8(22)9(2)23-16-11(7-18)13(14(19)15(20)21-16)10-5-3-4-6-12(10)17/h3-6,9H,19H2,1-2H3,(H2,20,21). The van der Waals surface area contributed by atoms with Crippen molar-refractivity contribution < 1.29 is 4.79 Å². The molecule has 1 heterocycles. The lowest BCUT2D eigenvalue weighted by molar-refractivity contribution is -0.116. The van der Waals surface area contributed by atoms with Crippen molar-refractivity contribution in [2.45, 2.75) is 24.1 Å². The summed E-state index contributed by atoms with van der Waals surface area (Å²) in [5.41, 5.74) is 13.5. The molecule has 1 atom stereocenters. The fourth-order valence-electron chi connectivity index (χ4n) is 1.98. The van der Waals surface area contributed by atoms with Crippen molar-refractivity contribution in [3.63, 3.8) is 0 Å². The van der Waals surface area contributed by atoms with E-state index in [1.54, 1.807) is 31.2 Å². The molecule has 0 saturated heterocycles. The van der Waals surface area contributed by atoms with Crippen molar-refractivity contribution in [1.29, 1.82) is 5.26 Å². The zero-order valence-corrected chi connectivity index (χ0v) is 14.2. The molecule has 0 bridgehead atoms. The summed E-state index contributed by atoms with van der Waals surface area (Å²) in [6.45, 7) is 3.23. The highest BCUT2D eigenvalue weighted by atomic mass is 35.5. The van der Waals surface area contributed by atoms with E-state index in [4.69, 9.17) is 23.1 Å². The second-order valence-corrected chi connectivity index (χ2v) is 6.66. The summed E-state index contributed by atoms with van der Waals surface area (Å²) in [5.74, 6) is 0.0903. The van der Waals surface area contributed by atoms with Gasteiger partial charge in [-0.05, 0) is 19.9 Å². The fraction of sp³-hybridized carbons (Fsp3) is 0.188. The van der Waals surface area contributed by atoms with Gasteiger partial charge in [0.15, 0.2) is 0 Å². The van der Waals surface area contributed by atoms with Gasteiger partial charge in [-0.3, -0.25) is 4.79 Å². The van der Waals surface area contributed by atoms with E-state index < -0.39 is 0 Å². The summed E-state index contributed by atoms with van der Waals surface area (Å²) in [6.07, 6.45) is 0. The summed E-state index contributed by atoms with van der Waals surface area (Å²) in [5, 5.41) is 10.1. The van der Waals surface area contributed by atoms with Gasteiger partial charge in [0.2, 0.25) is 0 Å². The third kappa shape index (κ3) is 3.41. The van der Waals surface area contributed by atoms with Crippen LogP contribution in [0, 0.1) is 11.3 Å². The lowest BCUT2D eigenvalue weighted by Crippen LogP contribution is -2.11. The Morgan fingerprint density at radius 3 is 2.61 bits per heavy atom. The number of Topliss-reactive ketones (excluding diaryl/α,β-unsaturated/α-hetero) is 1. The number of aromatic nitrogens is 1. The smallest absolute Gasteiger partial charge is 0.148 e. The predicted octanol–water partition coefficient (Wildman–Crippen LogP) is 3.51. The number of thioether (sulfide) groups is 1. The minimum absolute atomic E-state index is 0.0182. The minimum atomic E-state index is -0.350. The molecule has 0 aliphatic rings. The summed E-state index contributed by atoms with van der Waals surface area (Å²) in [4.78, 5) is 15.7. The van der Waals surface area contributed by atoms with Crippen LogP contribution in [0.1, 0.15) is 19.4 Å². The number of nitrogen functional groups attached to an aromatic ring is 2. The molecular formula is C16H15ClN4OS. The SMILES string of the molecule is CC(=O)C(C)Sc1nc(N)c(N)c(-c2ccccc2Cl)c1C#N.